The minimum absolute atomic E-state index is 0.0123. The highest BCUT2D eigenvalue weighted by Gasteiger charge is 2.25. The number of carbonyl (C=O) groups excluding carboxylic acids is 2. The molecule has 0 radical (unpaired) electrons. The number of amides is 1. The van der Waals surface area contributed by atoms with Gasteiger partial charge in [0.05, 0.1) is 17.9 Å². The number of benzene rings is 2. The first-order valence-electron chi connectivity index (χ1n) is 8.13. The smallest absolute Gasteiger partial charge is 0.231 e. The van der Waals surface area contributed by atoms with Gasteiger partial charge in [0.2, 0.25) is 11.1 Å². The molecule has 1 aliphatic heterocycles. The van der Waals surface area contributed by atoms with E-state index < -0.39 is 5.82 Å². The van der Waals surface area contributed by atoms with E-state index in [4.69, 9.17) is 0 Å². The number of hydrogen-bond acceptors (Lipinski definition) is 6. The summed E-state index contributed by atoms with van der Waals surface area (Å²) in [5.41, 5.74) is 2.70. The average Bonchev–Trinajstić information content (AvgIpc) is 3.24. The van der Waals surface area contributed by atoms with Crippen molar-refractivity contribution >= 4 is 29.1 Å². The van der Waals surface area contributed by atoms with Gasteiger partial charge in [0.25, 0.3) is 0 Å². The largest absolute Gasteiger partial charge is 0.315 e. The van der Waals surface area contributed by atoms with E-state index in [0.717, 1.165) is 11.3 Å². The second-order valence-corrected chi connectivity index (χ2v) is 6.98. The van der Waals surface area contributed by atoms with Crippen LogP contribution in [0.4, 0.5) is 10.1 Å². The van der Waals surface area contributed by atoms with Gasteiger partial charge in [-0.25, -0.2) is 4.39 Å². The number of rotatable bonds is 5. The van der Waals surface area contributed by atoms with Crippen LogP contribution in [0.1, 0.15) is 15.9 Å². The molecule has 4 rings (SSSR count). The quantitative estimate of drug-likeness (QED) is 0.497. The molecule has 0 bridgehead atoms. The van der Waals surface area contributed by atoms with Crippen molar-refractivity contribution in [1.29, 1.82) is 0 Å². The van der Waals surface area contributed by atoms with Crippen LogP contribution in [-0.4, -0.2) is 44.7 Å². The van der Waals surface area contributed by atoms with Crippen molar-refractivity contribution in [2.45, 2.75) is 11.6 Å². The van der Waals surface area contributed by atoms with Crippen LogP contribution in [0.15, 0.2) is 47.6 Å². The van der Waals surface area contributed by atoms with Crippen molar-refractivity contribution in [2.24, 2.45) is 0 Å². The summed E-state index contributed by atoms with van der Waals surface area (Å²) in [6, 6.07) is 11.2. The zero-order valence-corrected chi connectivity index (χ0v) is 15.1. The Labute approximate surface area is 158 Å². The number of ketones is 1. The second-order valence-electron chi connectivity index (χ2n) is 6.04. The molecule has 136 valence electrons. The minimum atomic E-state index is -0.396. The first-order valence-corrected chi connectivity index (χ1v) is 9.11. The summed E-state index contributed by atoms with van der Waals surface area (Å²) in [6.45, 7) is 0. The predicted octanol–water partition coefficient (Wildman–Crippen LogP) is 2.30. The van der Waals surface area contributed by atoms with Crippen LogP contribution in [0.3, 0.4) is 0 Å². The molecule has 0 aliphatic carbocycles. The third-order valence-corrected chi connectivity index (χ3v) is 5.22. The lowest BCUT2D eigenvalue weighted by Gasteiger charge is -2.10. The van der Waals surface area contributed by atoms with Gasteiger partial charge in [0.1, 0.15) is 5.82 Å². The number of thioether (sulfide) groups is 1. The van der Waals surface area contributed by atoms with Gasteiger partial charge in [0.15, 0.2) is 5.78 Å². The van der Waals surface area contributed by atoms with E-state index in [2.05, 4.69) is 15.5 Å². The summed E-state index contributed by atoms with van der Waals surface area (Å²) in [6.07, 6.45) is 0.303. The maximum atomic E-state index is 13.4. The Morgan fingerprint density at radius 3 is 2.93 bits per heavy atom. The van der Waals surface area contributed by atoms with Gasteiger partial charge < -0.3 is 4.90 Å². The van der Waals surface area contributed by atoms with Crippen LogP contribution < -0.4 is 4.90 Å². The minimum Gasteiger partial charge on any atom is -0.315 e. The molecule has 1 amide bonds. The van der Waals surface area contributed by atoms with Gasteiger partial charge in [-0.15, -0.1) is 5.10 Å². The molecular formula is C18H14FN5O2S. The van der Waals surface area contributed by atoms with Gasteiger partial charge in [-0.05, 0) is 52.4 Å². The highest BCUT2D eigenvalue weighted by atomic mass is 32.2. The van der Waals surface area contributed by atoms with Crippen LogP contribution in [-0.2, 0) is 11.2 Å². The van der Waals surface area contributed by atoms with Crippen LogP contribution >= 0.6 is 11.8 Å². The Morgan fingerprint density at radius 2 is 2.11 bits per heavy atom. The lowest BCUT2D eigenvalue weighted by molar-refractivity contribution is -0.117. The van der Waals surface area contributed by atoms with Gasteiger partial charge in [-0.3, -0.25) is 9.59 Å². The van der Waals surface area contributed by atoms with E-state index in [1.54, 1.807) is 42.3 Å². The Bertz CT molecular complexity index is 1050. The van der Waals surface area contributed by atoms with Gasteiger partial charge in [-0.1, -0.05) is 17.8 Å². The highest BCUT2D eigenvalue weighted by Crippen LogP contribution is 2.29. The number of Topliss-reactive ketones (excluding diaryl/α,β-unsaturated/α-hetero) is 1. The number of likely N-dealkylation sites (N-methyl/N-ethyl adjacent to an activating group) is 1. The van der Waals surface area contributed by atoms with Crippen LogP contribution in [0.2, 0.25) is 0 Å². The summed E-state index contributed by atoms with van der Waals surface area (Å²) in [7, 11) is 1.72. The lowest BCUT2D eigenvalue weighted by atomic mass is 10.1. The number of fused-ring (bicyclic) bond motifs is 1. The molecule has 0 saturated heterocycles. The number of nitrogens with zero attached hydrogens (tertiary/aromatic N) is 5. The Morgan fingerprint density at radius 1 is 1.26 bits per heavy atom. The molecule has 0 unspecified atom stereocenters. The third kappa shape index (κ3) is 3.33. The topological polar surface area (TPSA) is 81.0 Å². The van der Waals surface area contributed by atoms with E-state index in [1.165, 1.54) is 28.6 Å². The highest BCUT2D eigenvalue weighted by molar-refractivity contribution is 7.99. The van der Waals surface area contributed by atoms with Crippen LogP contribution in [0.5, 0.6) is 0 Å². The first-order chi connectivity index (χ1) is 13.0. The standard InChI is InChI=1S/C18H14FN5O2S/c1-23-15-6-5-11(7-12(15)8-17(23)26)16(25)10-27-18-20-21-22-24(18)14-4-2-3-13(19)9-14/h2-7,9H,8,10H2,1H3. The molecule has 2 aromatic carbocycles. The van der Waals surface area contributed by atoms with E-state index in [0.29, 0.717) is 22.8 Å². The molecule has 7 nitrogen and oxygen atoms in total. The Hall–Kier alpha value is -3.07. The number of carbonyl (C=O) groups is 2. The normalized spacial score (nSPS) is 13.1. The fourth-order valence-electron chi connectivity index (χ4n) is 2.90. The Kier molecular flexibility index (Phi) is 4.44. The Balaban J connectivity index is 1.49. The number of halogens is 1. The molecular weight excluding hydrogens is 369 g/mol. The van der Waals surface area contributed by atoms with Crippen molar-refractivity contribution < 1.29 is 14.0 Å². The molecule has 2 heterocycles. The zero-order chi connectivity index (χ0) is 19.0. The van der Waals surface area contributed by atoms with Crippen molar-refractivity contribution in [3.8, 4) is 5.69 Å². The monoisotopic (exact) mass is 383 g/mol. The zero-order valence-electron chi connectivity index (χ0n) is 14.3. The summed E-state index contributed by atoms with van der Waals surface area (Å²) in [4.78, 5) is 25.9. The van der Waals surface area contributed by atoms with Crippen molar-refractivity contribution in [3.63, 3.8) is 0 Å². The van der Waals surface area contributed by atoms with Gasteiger partial charge >= 0.3 is 0 Å². The van der Waals surface area contributed by atoms with Gasteiger partial charge in [-0.2, -0.15) is 4.68 Å². The number of aromatic nitrogens is 4. The molecule has 0 fully saturated rings. The maximum absolute atomic E-state index is 13.4. The SMILES string of the molecule is CN1C(=O)Cc2cc(C(=O)CSc3nnnn3-c3cccc(F)c3)ccc21. The van der Waals surface area contributed by atoms with Crippen molar-refractivity contribution in [2.75, 3.05) is 17.7 Å². The average molecular weight is 383 g/mol. The maximum Gasteiger partial charge on any atom is 0.231 e. The van der Waals surface area contributed by atoms with E-state index in [-0.39, 0.29) is 17.4 Å². The predicted molar refractivity (Wildman–Crippen MR) is 97.7 cm³/mol. The van der Waals surface area contributed by atoms with E-state index in [1.807, 2.05) is 0 Å². The first kappa shape index (κ1) is 17.3. The fraction of sp³-hybridized carbons (Fsp3) is 0.167. The summed E-state index contributed by atoms with van der Waals surface area (Å²) < 4.78 is 14.8. The summed E-state index contributed by atoms with van der Waals surface area (Å²) in [5, 5.41) is 11.8. The van der Waals surface area contributed by atoms with Crippen LogP contribution in [0.25, 0.3) is 5.69 Å². The number of anilines is 1. The summed E-state index contributed by atoms with van der Waals surface area (Å²) >= 11 is 1.17. The number of tetrazole rings is 1. The molecule has 0 N–H and O–H groups in total. The van der Waals surface area contributed by atoms with Crippen molar-refractivity contribution in [1.82, 2.24) is 20.2 Å². The summed E-state index contributed by atoms with van der Waals surface area (Å²) in [5.74, 6) is -0.359. The molecule has 9 heteroatoms. The van der Waals surface area contributed by atoms with E-state index >= 15 is 0 Å². The molecule has 1 aromatic heterocycles. The van der Waals surface area contributed by atoms with Crippen LogP contribution in [0, 0.1) is 5.82 Å². The number of hydrogen-bond donors (Lipinski definition) is 0. The fourth-order valence-corrected chi connectivity index (χ4v) is 3.68. The molecule has 3 aromatic rings. The third-order valence-electron chi connectivity index (χ3n) is 4.30. The molecule has 1 aliphatic rings. The van der Waals surface area contributed by atoms with Gasteiger partial charge in [0, 0.05) is 18.3 Å². The van der Waals surface area contributed by atoms with Crippen molar-refractivity contribution in [3.05, 3.63) is 59.4 Å². The second kappa shape index (κ2) is 6.92. The molecule has 27 heavy (non-hydrogen) atoms. The molecule has 0 spiro atoms. The molecule has 0 saturated carbocycles. The lowest BCUT2D eigenvalue weighted by Crippen LogP contribution is -2.20. The van der Waals surface area contributed by atoms with E-state index in [9.17, 15) is 14.0 Å². The molecule has 0 atom stereocenters.